The predicted octanol–water partition coefficient (Wildman–Crippen LogP) is 4.41. The zero-order chi connectivity index (χ0) is 13.4. The molecule has 96 valence electrons. The molecular formula is C15H19NO2. The Balaban J connectivity index is 2.58. The molecule has 0 spiro atoms. The summed E-state index contributed by atoms with van der Waals surface area (Å²) in [5.74, 6) is 0.544. The molecule has 0 unspecified atom stereocenters. The first-order valence-electron chi connectivity index (χ1n) is 6.04. The highest BCUT2D eigenvalue weighted by atomic mass is 16.6. The van der Waals surface area contributed by atoms with Gasteiger partial charge in [-0.25, -0.2) is 4.79 Å². The number of carbonyl (C=O) groups is 1. The third-order valence-corrected chi connectivity index (χ3v) is 2.28. The molecule has 1 N–H and O–H groups in total. The number of ether oxygens (including phenoxy) is 1. The quantitative estimate of drug-likeness (QED) is 0.630. The zero-order valence-electron chi connectivity index (χ0n) is 11.1. The highest BCUT2D eigenvalue weighted by Crippen LogP contribution is 2.11. The second-order valence-electron chi connectivity index (χ2n) is 3.89. The molecule has 1 rings (SSSR count). The summed E-state index contributed by atoms with van der Waals surface area (Å²) in [6.07, 6.45) is 5.90. The second-order valence-corrected chi connectivity index (χ2v) is 3.89. The average molecular weight is 245 g/mol. The Kier molecular flexibility index (Phi) is 5.71. The minimum absolute atomic E-state index is 0.477. The molecule has 3 heteroatoms. The van der Waals surface area contributed by atoms with Gasteiger partial charge in [-0.2, -0.15) is 0 Å². The van der Waals surface area contributed by atoms with Gasteiger partial charge in [-0.3, -0.25) is 5.32 Å². The summed E-state index contributed by atoms with van der Waals surface area (Å²) >= 11 is 0. The number of aryl methyl sites for hydroxylation is 1. The van der Waals surface area contributed by atoms with E-state index < -0.39 is 6.09 Å². The average Bonchev–Trinajstić information content (AvgIpc) is 2.34. The van der Waals surface area contributed by atoms with E-state index >= 15 is 0 Å². The number of hydrogen-bond acceptors (Lipinski definition) is 2. The lowest BCUT2D eigenvalue weighted by Gasteiger charge is -2.07. The first-order valence-corrected chi connectivity index (χ1v) is 6.04. The van der Waals surface area contributed by atoms with Crippen LogP contribution in [-0.2, 0) is 4.74 Å². The molecule has 0 radical (unpaired) electrons. The third kappa shape index (κ3) is 4.87. The topological polar surface area (TPSA) is 38.3 Å². The van der Waals surface area contributed by atoms with Crippen LogP contribution in [0.4, 0.5) is 10.5 Å². The Hall–Kier alpha value is -2.03. The van der Waals surface area contributed by atoms with E-state index in [4.69, 9.17) is 4.74 Å². The van der Waals surface area contributed by atoms with Crippen LogP contribution >= 0.6 is 0 Å². The number of anilines is 1. The van der Waals surface area contributed by atoms with Crippen LogP contribution in [0.5, 0.6) is 0 Å². The summed E-state index contributed by atoms with van der Waals surface area (Å²) in [5.41, 5.74) is 1.82. The van der Waals surface area contributed by atoms with Crippen LogP contribution in [0.15, 0.2) is 48.3 Å². The van der Waals surface area contributed by atoms with Gasteiger partial charge in [0.15, 0.2) is 0 Å². The minimum Gasteiger partial charge on any atom is -0.410 e. The van der Waals surface area contributed by atoms with Crippen LogP contribution in [0.25, 0.3) is 0 Å². The Morgan fingerprint density at radius 2 is 2.22 bits per heavy atom. The molecule has 0 fully saturated rings. The fraction of sp³-hybridized carbons (Fsp3) is 0.267. The fourth-order valence-electron chi connectivity index (χ4n) is 1.40. The Morgan fingerprint density at radius 3 is 2.83 bits per heavy atom. The smallest absolute Gasteiger partial charge is 0.410 e. The molecule has 0 aliphatic rings. The van der Waals surface area contributed by atoms with Crippen LogP contribution in [0.2, 0.25) is 0 Å². The van der Waals surface area contributed by atoms with Crippen LogP contribution < -0.4 is 5.32 Å². The van der Waals surface area contributed by atoms with Crippen LogP contribution in [0.1, 0.15) is 25.8 Å². The van der Waals surface area contributed by atoms with Crippen LogP contribution in [0.3, 0.4) is 0 Å². The first-order chi connectivity index (χ1) is 8.65. The van der Waals surface area contributed by atoms with Crippen molar-refractivity contribution in [2.24, 2.45) is 0 Å². The molecule has 0 aliphatic carbocycles. The number of hydrogen-bond donors (Lipinski definition) is 1. The van der Waals surface area contributed by atoms with Gasteiger partial charge in [0.1, 0.15) is 5.76 Å². The van der Waals surface area contributed by atoms with Crippen molar-refractivity contribution in [1.29, 1.82) is 0 Å². The van der Waals surface area contributed by atoms with Crippen LogP contribution in [-0.4, -0.2) is 6.09 Å². The maximum absolute atomic E-state index is 11.6. The van der Waals surface area contributed by atoms with Gasteiger partial charge in [-0.05, 0) is 50.1 Å². The van der Waals surface area contributed by atoms with Gasteiger partial charge in [0.25, 0.3) is 0 Å². The van der Waals surface area contributed by atoms with E-state index in [9.17, 15) is 4.79 Å². The van der Waals surface area contributed by atoms with Gasteiger partial charge in [0.2, 0.25) is 0 Å². The number of rotatable bonds is 4. The number of benzene rings is 1. The van der Waals surface area contributed by atoms with Crippen molar-refractivity contribution in [3.8, 4) is 0 Å². The van der Waals surface area contributed by atoms with Gasteiger partial charge < -0.3 is 4.74 Å². The lowest BCUT2D eigenvalue weighted by Crippen LogP contribution is -2.12. The van der Waals surface area contributed by atoms with Gasteiger partial charge >= 0.3 is 6.09 Å². The highest BCUT2D eigenvalue weighted by Gasteiger charge is 2.04. The normalized spacial score (nSPS) is 11.6. The molecule has 18 heavy (non-hydrogen) atoms. The van der Waals surface area contributed by atoms with Gasteiger partial charge in [-0.1, -0.05) is 25.1 Å². The van der Waals surface area contributed by atoms with E-state index in [0.717, 1.165) is 17.7 Å². The van der Waals surface area contributed by atoms with Crippen molar-refractivity contribution in [2.75, 3.05) is 5.32 Å². The molecule has 0 atom stereocenters. The van der Waals surface area contributed by atoms with E-state index in [1.807, 2.05) is 51.1 Å². The Labute approximate surface area is 108 Å². The lowest BCUT2D eigenvalue weighted by molar-refractivity contribution is 0.194. The summed E-state index contributed by atoms with van der Waals surface area (Å²) in [4.78, 5) is 11.6. The second kappa shape index (κ2) is 7.33. The Bertz CT molecular complexity index is 461. The van der Waals surface area contributed by atoms with Crippen molar-refractivity contribution in [3.63, 3.8) is 0 Å². The van der Waals surface area contributed by atoms with Crippen molar-refractivity contribution in [2.45, 2.75) is 27.2 Å². The molecule has 0 heterocycles. The minimum atomic E-state index is -0.477. The lowest BCUT2D eigenvalue weighted by atomic mass is 10.2. The van der Waals surface area contributed by atoms with E-state index in [-0.39, 0.29) is 0 Å². The molecule has 0 bridgehead atoms. The third-order valence-electron chi connectivity index (χ3n) is 2.28. The molecule has 0 saturated carbocycles. The van der Waals surface area contributed by atoms with Crippen LogP contribution in [0, 0.1) is 6.92 Å². The summed E-state index contributed by atoms with van der Waals surface area (Å²) in [6.45, 7) is 5.82. The van der Waals surface area contributed by atoms with Crippen molar-refractivity contribution in [1.82, 2.24) is 0 Å². The monoisotopic (exact) mass is 245 g/mol. The van der Waals surface area contributed by atoms with Crippen molar-refractivity contribution in [3.05, 3.63) is 53.8 Å². The first kappa shape index (κ1) is 14.0. The van der Waals surface area contributed by atoms with Gasteiger partial charge in [0, 0.05) is 5.69 Å². The molecule has 3 nitrogen and oxygen atoms in total. The number of allylic oxidation sites excluding steroid dienone is 3. The number of amides is 1. The molecule has 0 aromatic heterocycles. The Morgan fingerprint density at radius 1 is 1.44 bits per heavy atom. The molecule has 1 amide bonds. The maximum Gasteiger partial charge on any atom is 0.417 e. The standard InChI is InChI=1S/C15H19NO2/c1-4-6-10-14(5-2)18-15(17)16-13-9-7-8-12(3)11-13/h5-11H,4H2,1-3H3,(H,16,17)/b10-6-,14-5+. The zero-order valence-corrected chi connectivity index (χ0v) is 11.1. The largest absolute Gasteiger partial charge is 0.417 e. The molecule has 1 aromatic carbocycles. The summed E-state index contributed by atoms with van der Waals surface area (Å²) in [6, 6.07) is 7.57. The predicted molar refractivity (Wildman–Crippen MR) is 74.5 cm³/mol. The van der Waals surface area contributed by atoms with E-state index in [1.165, 1.54) is 0 Å². The fourth-order valence-corrected chi connectivity index (χ4v) is 1.40. The molecule has 0 aliphatic heterocycles. The summed E-state index contributed by atoms with van der Waals surface area (Å²) in [5, 5.41) is 2.69. The van der Waals surface area contributed by atoms with Gasteiger partial charge in [0.05, 0.1) is 0 Å². The van der Waals surface area contributed by atoms with E-state index in [1.54, 1.807) is 12.2 Å². The summed E-state index contributed by atoms with van der Waals surface area (Å²) in [7, 11) is 0. The highest BCUT2D eigenvalue weighted by molar-refractivity contribution is 5.85. The molecular weight excluding hydrogens is 226 g/mol. The molecule has 1 aromatic rings. The maximum atomic E-state index is 11.6. The number of nitrogens with one attached hydrogen (secondary N) is 1. The van der Waals surface area contributed by atoms with E-state index in [2.05, 4.69) is 5.32 Å². The SMILES string of the molecule is C/C=C(\C=C/CC)OC(=O)Nc1cccc(C)c1. The van der Waals surface area contributed by atoms with E-state index in [0.29, 0.717) is 5.76 Å². The van der Waals surface area contributed by atoms with Crippen molar-refractivity contribution < 1.29 is 9.53 Å². The molecule has 0 saturated heterocycles. The van der Waals surface area contributed by atoms with Crippen molar-refractivity contribution >= 4 is 11.8 Å². The number of carbonyl (C=O) groups excluding carboxylic acids is 1. The van der Waals surface area contributed by atoms with Gasteiger partial charge in [-0.15, -0.1) is 0 Å². The summed E-state index contributed by atoms with van der Waals surface area (Å²) < 4.78 is 5.17.